The van der Waals surface area contributed by atoms with Gasteiger partial charge in [-0.1, -0.05) is 26.1 Å². The van der Waals surface area contributed by atoms with Crippen molar-refractivity contribution in [1.29, 1.82) is 0 Å². The van der Waals surface area contributed by atoms with Crippen LogP contribution in [0, 0.1) is 0 Å². The molecule has 1 heterocycles. The van der Waals surface area contributed by atoms with Crippen LogP contribution in [0.2, 0.25) is 0 Å². The number of carbonyl (C=O) groups excluding carboxylic acids is 1. The van der Waals surface area contributed by atoms with E-state index in [-0.39, 0.29) is 17.8 Å². The number of carbonyl (C=O) groups is 1. The van der Waals surface area contributed by atoms with E-state index >= 15 is 0 Å². The Morgan fingerprint density at radius 1 is 1.45 bits per heavy atom. The predicted octanol–water partition coefficient (Wildman–Crippen LogP) is 2.66. The van der Waals surface area contributed by atoms with Crippen LogP contribution in [0.15, 0.2) is 30.0 Å². The monoisotopic (exact) mass is 318 g/mol. The van der Waals surface area contributed by atoms with Crippen LogP contribution < -0.4 is 10.2 Å². The molecule has 1 aliphatic rings. The SMILES string of the molecule is CC(=O)C(=S)C=C1Nc2ccc(N(C)CCO)cc2C1(C)C. The van der Waals surface area contributed by atoms with Crippen molar-refractivity contribution in [2.24, 2.45) is 0 Å². The average molecular weight is 318 g/mol. The minimum Gasteiger partial charge on any atom is -0.395 e. The number of hydrogen-bond acceptors (Lipinski definition) is 5. The molecule has 0 spiro atoms. The highest BCUT2D eigenvalue weighted by atomic mass is 32.1. The van der Waals surface area contributed by atoms with Gasteiger partial charge in [-0.25, -0.2) is 0 Å². The maximum Gasteiger partial charge on any atom is 0.170 e. The highest BCUT2D eigenvalue weighted by molar-refractivity contribution is 7.82. The normalized spacial score (nSPS) is 17.0. The third-order valence-electron chi connectivity index (χ3n) is 4.12. The van der Waals surface area contributed by atoms with Crippen LogP contribution >= 0.6 is 12.2 Å². The number of hydrogen-bond donors (Lipinski definition) is 2. The van der Waals surface area contributed by atoms with Crippen LogP contribution in [0.3, 0.4) is 0 Å². The molecule has 4 nitrogen and oxygen atoms in total. The summed E-state index contributed by atoms with van der Waals surface area (Å²) < 4.78 is 0. The molecule has 0 saturated carbocycles. The molecule has 1 aliphatic heterocycles. The lowest BCUT2D eigenvalue weighted by Gasteiger charge is -2.23. The summed E-state index contributed by atoms with van der Waals surface area (Å²) in [4.78, 5) is 13.7. The van der Waals surface area contributed by atoms with Gasteiger partial charge in [0.05, 0.1) is 11.5 Å². The first-order valence-electron chi connectivity index (χ1n) is 7.28. The first-order valence-corrected chi connectivity index (χ1v) is 7.69. The van der Waals surface area contributed by atoms with Gasteiger partial charge in [0.15, 0.2) is 5.78 Å². The van der Waals surface area contributed by atoms with Crippen LogP contribution in [-0.4, -0.2) is 36.0 Å². The van der Waals surface area contributed by atoms with Crippen LogP contribution in [-0.2, 0) is 10.2 Å². The number of ketones is 1. The van der Waals surface area contributed by atoms with E-state index in [0.717, 1.165) is 22.6 Å². The number of allylic oxidation sites excluding steroid dienone is 2. The maximum atomic E-state index is 11.4. The summed E-state index contributed by atoms with van der Waals surface area (Å²) in [6.45, 7) is 6.40. The van der Waals surface area contributed by atoms with Crippen molar-refractivity contribution in [2.75, 3.05) is 30.4 Å². The summed E-state index contributed by atoms with van der Waals surface area (Å²) in [5, 5.41) is 12.4. The van der Waals surface area contributed by atoms with Gasteiger partial charge < -0.3 is 15.3 Å². The highest BCUT2D eigenvalue weighted by Crippen LogP contribution is 2.44. The molecule has 22 heavy (non-hydrogen) atoms. The zero-order valence-electron chi connectivity index (χ0n) is 13.4. The lowest BCUT2D eigenvalue weighted by atomic mass is 9.83. The van der Waals surface area contributed by atoms with Gasteiger partial charge in [0.1, 0.15) is 0 Å². The fourth-order valence-corrected chi connectivity index (χ4v) is 2.69. The van der Waals surface area contributed by atoms with E-state index in [2.05, 4.69) is 25.2 Å². The molecule has 0 bridgehead atoms. The Labute approximate surface area is 136 Å². The van der Waals surface area contributed by atoms with Crippen molar-refractivity contribution in [3.05, 3.63) is 35.5 Å². The van der Waals surface area contributed by atoms with Gasteiger partial charge in [-0.05, 0) is 36.8 Å². The van der Waals surface area contributed by atoms with Gasteiger partial charge >= 0.3 is 0 Å². The van der Waals surface area contributed by atoms with Crippen LogP contribution in [0.25, 0.3) is 0 Å². The lowest BCUT2D eigenvalue weighted by molar-refractivity contribution is -0.110. The molecule has 0 fully saturated rings. The number of fused-ring (bicyclic) bond motifs is 1. The third kappa shape index (κ3) is 3.05. The quantitative estimate of drug-likeness (QED) is 0.646. The fourth-order valence-electron chi connectivity index (χ4n) is 2.57. The number of anilines is 2. The molecule has 2 rings (SSSR count). The molecule has 5 heteroatoms. The fraction of sp³-hybridized carbons (Fsp3) is 0.412. The Balaban J connectivity index is 2.39. The van der Waals surface area contributed by atoms with E-state index < -0.39 is 0 Å². The Bertz CT molecular complexity index is 650. The van der Waals surface area contributed by atoms with Crippen molar-refractivity contribution in [3.63, 3.8) is 0 Å². The van der Waals surface area contributed by atoms with Crippen LogP contribution in [0.4, 0.5) is 11.4 Å². The summed E-state index contributed by atoms with van der Waals surface area (Å²) in [6.07, 6.45) is 1.76. The molecule has 0 aliphatic carbocycles. The highest BCUT2D eigenvalue weighted by Gasteiger charge is 2.35. The molecular weight excluding hydrogens is 296 g/mol. The van der Waals surface area contributed by atoms with Gasteiger partial charge in [-0.15, -0.1) is 0 Å². The minimum atomic E-state index is -0.245. The van der Waals surface area contributed by atoms with E-state index in [4.69, 9.17) is 17.3 Å². The smallest absolute Gasteiger partial charge is 0.170 e. The first kappa shape index (κ1) is 16.6. The summed E-state index contributed by atoms with van der Waals surface area (Å²) >= 11 is 5.13. The van der Waals surface area contributed by atoms with Crippen molar-refractivity contribution < 1.29 is 9.90 Å². The Hall–Kier alpha value is -1.72. The van der Waals surface area contributed by atoms with Crippen molar-refractivity contribution in [1.82, 2.24) is 0 Å². The molecule has 0 unspecified atom stereocenters. The Kier molecular flexibility index (Phi) is 4.68. The number of likely N-dealkylation sites (N-methyl/N-ethyl adjacent to an activating group) is 1. The molecule has 0 amide bonds. The number of aliphatic hydroxyl groups excluding tert-OH is 1. The van der Waals surface area contributed by atoms with Crippen molar-refractivity contribution in [2.45, 2.75) is 26.2 Å². The molecule has 0 atom stereocenters. The largest absolute Gasteiger partial charge is 0.395 e. The summed E-state index contributed by atoms with van der Waals surface area (Å²) in [6, 6.07) is 6.16. The number of benzene rings is 1. The maximum absolute atomic E-state index is 11.4. The Morgan fingerprint density at radius 2 is 2.14 bits per heavy atom. The van der Waals surface area contributed by atoms with E-state index in [9.17, 15) is 4.79 Å². The molecular formula is C17H22N2O2S. The number of aliphatic hydroxyl groups is 1. The van der Waals surface area contributed by atoms with E-state index in [0.29, 0.717) is 11.4 Å². The second-order valence-electron chi connectivity index (χ2n) is 6.10. The first-order chi connectivity index (χ1) is 10.3. The molecule has 1 aromatic carbocycles. The van der Waals surface area contributed by atoms with Crippen LogP contribution in [0.1, 0.15) is 26.3 Å². The number of thiocarbonyl (C=S) groups is 1. The predicted molar refractivity (Wildman–Crippen MR) is 94.8 cm³/mol. The standard InChI is InChI=1S/C17H22N2O2S/c1-11(21)15(22)10-16-17(2,3)13-9-12(19(4)7-8-20)5-6-14(13)18-16/h5-6,9-10,18,20H,7-8H2,1-4H3. The molecule has 1 aromatic rings. The third-order valence-corrected chi connectivity index (χ3v) is 4.52. The van der Waals surface area contributed by atoms with E-state index in [1.807, 2.05) is 24.1 Å². The topological polar surface area (TPSA) is 52.6 Å². The molecule has 0 saturated heterocycles. The summed E-state index contributed by atoms with van der Waals surface area (Å²) in [7, 11) is 1.95. The van der Waals surface area contributed by atoms with Gasteiger partial charge in [-0.3, -0.25) is 4.79 Å². The van der Waals surface area contributed by atoms with Gasteiger partial charge in [0.2, 0.25) is 0 Å². The van der Waals surface area contributed by atoms with Gasteiger partial charge in [0.25, 0.3) is 0 Å². The number of Topliss-reactive ketones (excluding diaryl/α,β-unsaturated/α-hetero) is 1. The Morgan fingerprint density at radius 3 is 2.73 bits per heavy atom. The van der Waals surface area contributed by atoms with E-state index in [1.165, 1.54) is 6.92 Å². The average Bonchev–Trinajstić information content (AvgIpc) is 2.70. The summed E-state index contributed by atoms with van der Waals surface area (Å²) in [5.41, 5.74) is 3.93. The zero-order chi connectivity index (χ0) is 16.5. The lowest BCUT2D eigenvalue weighted by Crippen LogP contribution is -2.22. The van der Waals surface area contributed by atoms with Crippen molar-refractivity contribution in [3.8, 4) is 0 Å². The van der Waals surface area contributed by atoms with Gasteiger partial charge in [-0.2, -0.15) is 0 Å². The minimum absolute atomic E-state index is 0.0978. The number of nitrogens with one attached hydrogen (secondary N) is 1. The molecule has 118 valence electrons. The zero-order valence-corrected chi connectivity index (χ0v) is 14.3. The van der Waals surface area contributed by atoms with E-state index in [1.54, 1.807) is 6.08 Å². The second-order valence-corrected chi connectivity index (χ2v) is 6.54. The number of rotatable bonds is 5. The molecule has 0 aromatic heterocycles. The number of nitrogens with zero attached hydrogens (tertiary/aromatic N) is 1. The van der Waals surface area contributed by atoms with Crippen molar-refractivity contribution >= 4 is 34.2 Å². The van der Waals surface area contributed by atoms with Gasteiger partial charge in [0, 0.05) is 36.1 Å². The second kappa shape index (κ2) is 6.18. The summed E-state index contributed by atoms with van der Waals surface area (Å²) in [5.74, 6) is -0.0978. The van der Waals surface area contributed by atoms with Crippen LogP contribution in [0.5, 0.6) is 0 Å². The molecule has 0 radical (unpaired) electrons. The molecule has 2 N–H and O–H groups in total.